The molecule has 0 aliphatic heterocycles. The molecule has 5 heavy (non-hydrogen) atoms. The molecule has 0 atom stereocenters. The summed E-state index contributed by atoms with van der Waals surface area (Å²) in [7, 11) is 0. The summed E-state index contributed by atoms with van der Waals surface area (Å²) in [6, 6.07) is 0. The molecule has 0 bridgehead atoms. The molecule has 0 heterocycles. The SMILES string of the molecule is CCN(N)O. The zero-order valence-electron chi connectivity index (χ0n) is 3.18. The molecule has 0 amide bonds. The second kappa shape index (κ2) is 2.14. The first-order chi connectivity index (χ1) is 2.27. The van der Waals surface area contributed by atoms with Gasteiger partial charge in [-0.1, -0.05) is 0 Å². The number of hydrogen-bond acceptors (Lipinski definition) is 3. The predicted octanol–water partition coefficient (Wildman–Crippen LogP) is -0.429. The van der Waals surface area contributed by atoms with Crippen LogP contribution in [0.25, 0.3) is 0 Å². The first-order valence-electron chi connectivity index (χ1n) is 1.48. The maximum atomic E-state index is 7.97. The minimum atomic E-state index is 0.472. The third-order valence-corrected chi connectivity index (χ3v) is 0.324. The lowest BCUT2D eigenvalue weighted by atomic mass is 10.8. The van der Waals surface area contributed by atoms with Gasteiger partial charge in [-0.25, -0.2) is 5.84 Å². The van der Waals surface area contributed by atoms with Crippen LogP contribution in [0.3, 0.4) is 0 Å². The van der Waals surface area contributed by atoms with Gasteiger partial charge in [-0.3, -0.25) is 5.21 Å². The summed E-state index contributed by atoms with van der Waals surface area (Å²) >= 11 is 0. The maximum absolute atomic E-state index is 7.97. The van der Waals surface area contributed by atoms with Crippen LogP contribution in [0.1, 0.15) is 6.92 Å². The lowest BCUT2D eigenvalue weighted by molar-refractivity contribution is -0.0882. The molecule has 32 valence electrons. The minimum absolute atomic E-state index is 0.472. The third kappa shape index (κ3) is 3.88. The smallest absolute Gasteiger partial charge is 0.0368 e. The predicted molar refractivity (Wildman–Crippen MR) is 18.4 cm³/mol. The molecule has 0 radical (unpaired) electrons. The second-order valence-corrected chi connectivity index (χ2v) is 0.756. The first kappa shape index (κ1) is 4.88. The molecule has 3 N–H and O–H groups in total. The van der Waals surface area contributed by atoms with Crippen LogP contribution >= 0.6 is 0 Å². The molecule has 0 aliphatic rings. The maximum Gasteiger partial charge on any atom is 0.0368 e. The Morgan fingerprint density at radius 2 is 2.20 bits per heavy atom. The van der Waals surface area contributed by atoms with Crippen molar-refractivity contribution in [2.24, 2.45) is 5.84 Å². The molecule has 0 saturated heterocycles. The Balaban J connectivity index is 2.54. The van der Waals surface area contributed by atoms with Crippen molar-refractivity contribution in [1.29, 1.82) is 0 Å². The third-order valence-electron chi connectivity index (χ3n) is 0.324. The van der Waals surface area contributed by atoms with E-state index < -0.39 is 0 Å². The molecule has 0 unspecified atom stereocenters. The first-order valence-corrected chi connectivity index (χ1v) is 1.48. The molecule has 0 aromatic rings. The number of hydrogen-bond donors (Lipinski definition) is 2. The number of rotatable bonds is 1. The van der Waals surface area contributed by atoms with E-state index in [-0.39, 0.29) is 0 Å². The Kier molecular flexibility index (Phi) is 2.09. The Bertz CT molecular complexity index is 21.6. The van der Waals surface area contributed by atoms with Crippen molar-refractivity contribution in [3.05, 3.63) is 0 Å². The fourth-order valence-electron chi connectivity index (χ4n) is 0. The fraction of sp³-hybridized carbons (Fsp3) is 1.00. The van der Waals surface area contributed by atoms with Gasteiger partial charge in [-0.2, -0.15) is 0 Å². The van der Waals surface area contributed by atoms with Gasteiger partial charge >= 0.3 is 0 Å². The summed E-state index contributed by atoms with van der Waals surface area (Å²) in [4.78, 5) is 0. The van der Waals surface area contributed by atoms with E-state index in [1.54, 1.807) is 6.92 Å². The molecule has 0 rings (SSSR count). The van der Waals surface area contributed by atoms with Gasteiger partial charge in [0.2, 0.25) is 0 Å². The average molecular weight is 76.1 g/mol. The van der Waals surface area contributed by atoms with Gasteiger partial charge in [0.25, 0.3) is 0 Å². The Hall–Kier alpha value is -0.120. The van der Waals surface area contributed by atoms with E-state index in [1.165, 1.54) is 0 Å². The van der Waals surface area contributed by atoms with Crippen LogP contribution in [0.15, 0.2) is 0 Å². The highest BCUT2D eigenvalue weighted by atomic mass is 16.5. The van der Waals surface area contributed by atoms with Gasteiger partial charge in [-0.15, -0.1) is 5.17 Å². The minimum Gasteiger partial charge on any atom is -0.299 e. The molecule has 3 nitrogen and oxygen atoms in total. The topological polar surface area (TPSA) is 49.5 Å². The molecule has 0 fully saturated rings. The molecule has 0 saturated carbocycles. The lowest BCUT2D eigenvalue weighted by Crippen LogP contribution is -2.25. The van der Waals surface area contributed by atoms with Gasteiger partial charge in [0.15, 0.2) is 0 Å². The highest BCUT2D eigenvalue weighted by molar-refractivity contribution is 4.10. The summed E-state index contributed by atoms with van der Waals surface area (Å²) in [6.07, 6.45) is 0. The van der Waals surface area contributed by atoms with Crippen molar-refractivity contribution < 1.29 is 5.21 Å². The molecule has 0 aliphatic carbocycles. The second-order valence-electron chi connectivity index (χ2n) is 0.756. The van der Waals surface area contributed by atoms with Gasteiger partial charge in [0.05, 0.1) is 0 Å². The van der Waals surface area contributed by atoms with Crippen molar-refractivity contribution in [3.8, 4) is 0 Å². The van der Waals surface area contributed by atoms with E-state index in [4.69, 9.17) is 5.21 Å². The van der Waals surface area contributed by atoms with E-state index in [2.05, 4.69) is 5.84 Å². The number of nitrogens with zero attached hydrogens (tertiary/aromatic N) is 1. The summed E-state index contributed by atoms with van der Waals surface area (Å²) in [5.41, 5.74) is 0. The van der Waals surface area contributed by atoms with Gasteiger partial charge < -0.3 is 0 Å². The Labute approximate surface area is 30.9 Å². The van der Waals surface area contributed by atoms with Crippen LogP contribution in [-0.4, -0.2) is 16.9 Å². The highest BCUT2D eigenvalue weighted by Crippen LogP contribution is 1.56. The van der Waals surface area contributed by atoms with Gasteiger partial charge in [-0.05, 0) is 6.92 Å². The lowest BCUT2D eigenvalue weighted by Gasteiger charge is -1.97. The van der Waals surface area contributed by atoms with Crippen LogP contribution in [0.5, 0.6) is 0 Å². The van der Waals surface area contributed by atoms with Crippen LogP contribution in [0.2, 0.25) is 0 Å². The standard InChI is InChI=1S/C2H8N2O/c1-2-4(3)5/h5H,2-3H2,1H3. The monoisotopic (exact) mass is 76.1 g/mol. The zero-order chi connectivity index (χ0) is 4.28. The van der Waals surface area contributed by atoms with E-state index in [0.717, 1.165) is 0 Å². The van der Waals surface area contributed by atoms with E-state index >= 15 is 0 Å². The summed E-state index contributed by atoms with van der Waals surface area (Å²) < 4.78 is 0. The van der Waals surface area contributed by atoms with E-state index in [9.17, 15) is 0 Å². The van der Waals surface area contributed by atoms with Crippen LogP contribution in [0, 0.1) is 0 Å². The number of nitrogens with two attached hydrogens (primary N) is 1. The van der Waals surface area contributed by atoms with Crippen LogP contribution in [0.4, 0.5) is 0 Å². The number of hydroxylamine groups is 1. The molecular formula is C2H8N2O. The van der Waals surface area contributed by atoms with Crippen LogP contribution in [-0.2, 0) is 0 Å². The summed E-state index contributed by atoms with van der Waals surface area (Å²) in [6.45, 7) is 2.22. The molecule has 0 aromatic heterocycles. The van der Waals surface area contributed by atoms with Crippen molar-refractivity contribution in [2.45, 2.75) is 6.92 Å². The van der Waals surface area contributed by atoms with E-state index in [1.807, 2.05) is 0 Å². The molecule has 3 heteroatoms. The molecule has 0 spiro atoms. The van der Waals surface area contributed by atoms with Gasteiger partial charge in [0.1, 0.15) is 0 Å². The van der Waals surface area contributed by atoms with Crippen molar-refractivity contribution in [1.82, 2.24) is 5.17 Å². The molecular weight excluding hydrogens is 68.0 g/mol. The Morgan fingerprint density at radius 1 is 2.00 bits per heavy atom. The van der Waals surface area contributed by atoms with E-state index in [0.29, 0.717) is 11.7 Å². The van der Waals surface area contributed by atoms with Crippen molar-refractivity contribution in [3.63, 3.8) is 0 Å². The summed E-state index contributed by atoms with van der Waals surface area (Å²) in [5, 5.41) is 8.60. The number of hydrazine groups is 1. The highest BCUT2D eigenvalue weighted by Gasteiger charge is 1.74. The normalized spacial score (nSPS) is 9.60. The average Bonchev–Trinajstić information content (AvgIpc) is 1.38. The van der Waals surface area contributed by atoms with Crippen LogP contribution < -0.4 is 5.84 Å². The zero-order valence-corrected chi connectivity index (χ0v) is 3.18. The fourth-order valence-corrected chi connectivity index (χ4v) is 0. The largest absolute Gasteiger partial charge is 0.299 e. The molecule has 0 aromatic carbocycles. The Morgan fingerprint density at radius 3 is 2.20 bits per heavy atom. The van der Waals surface area contributed by atoms with Crippen molar-refractivity contribution >= 4 is 0 Å². The quantitative estimate of drug-likeness (QED) is 0.329. The van der Waals surface area contributed by atoms with Crippen molar-refractivity contribution in [2.75, 3.05) is 6.54 Å². The van der Waals surface area contributed by atoms with Gasteiger partial charge in [0, 0.05) is 6.54 Å². The summed E-state index contributed by atoms with van der Waals surface area (Å²) in [5.74, 6) is 4.68.